The van der Waals surface area contributed by atoms with E-state index in [1.807, 2.05) is 0 Å². The molecule has 2 aliphatic rings. The molecule has 2 heteroatoms. The molecule has 0 radical (unpaired) electrons. The summed E-state index contributed by atoms with van der Waals surface area (Å²) in [6, 6.07) is 11.2. The average Bonchev–Trinajstić information content (AvgIpc) is 2.47. The summed E-state index contributed by atoms with van der Waals surface area (Å²) in [4.78, 5) is 2.77. The summed E-state index contributed by atoms with van der Waals surface area (Å²) in [7, 11) is 0. The first-order chi connectivity index (χ1) is 9.79. The molecule has 0 bridgehead atoms. The smallest absolute Gasteiger partial charge is 0.0353 e. The molecule has 1 aromatic carbocycles. The van der Waals surface area contributed by atoms with Gasteiger partial charge in [-0.3, -0.25) is 4.90 Å². The van der Waals surface area contributed by atoms with Crippen LogP contribution in [0, 0.1) is 0 Å². The minimum absolute atomic E-state index is 0.664. The van der Waals surface area contributed by atoms with Crippen molar-refractivity contribution in [3.8, 4) is 0 Å². The Bertz CT molecular complexity index is 443. The van der Waals surface area contributed by atoms with Crippen LogP contribution in [-0.2, 0) is 6.42 Å². The van der Waals surface area contributed by atoms with Crippen molar-refractivity contribution < 1.29 is 0 Å². The third-order valence-corrected chi connectivity index (χ3v) is 5.16. The van der Waals surface area contributed by atoms with Gasteiger partial charge in [-0.05, 0) is 56.7 Å². The zero-order chi connectivity index (χ0) is 13.9. The standard InChI is InChI=1S/C18H28N2/c1-3-19-16-11-12-20(14(2)13-16)18-10-6-8-15-7-4-5-9-17(15)18/h4-5,7,9,14,16,18-19H,3,6,8,10-13H2,1-2H3. The van der Waals surface area contributed by atoms with Crippen molar-refractivity contribution in [2.45, 2.75) is 64.1 Å². The van der Waals surface area contributed by atoms with Crippen LogP contribution in [0.5, 0.6) is 0 Å². The zero-order valence-electron chi connectivity index (χ0n) is 12.9. The number of hydrogen-bond acceptors (Lipinski definition) is 2. The van der Waals surface area contributed by atoms with E-state index in [9.17, 15) is 0 Å². The van der Waals surface area contributed by atoms with E-state index in [4.69, 9.17) is 0 Å². The van der Waals surface area contributed by atoms with Gasteiger partial charge in [-0.2, -0.15) is 0 Å². The summed E-state index contributed by atoms with van der Waals surface area (Å²) in [6.07, 6.45) is 6.56. The van der Waals surface area contributed by atoms with Gasteiger partial charge in [0.2, 0.25) is 0 Å². The van der Waals surface area contributed by atoms with Crippen LogP contribution in [0.1, 0.15) is 56.7 Å². The monoisotopic (exact) mass is 272 g/mol. The van der Waals surface area contributed by atoms with Crippen LogP contribution in [0.15, 0.2) is 24.3 Å². The quantitative estimate of drug-likeness (QED) is 0.905. The molecule has 0 aromatic heterocycles. The summed E-state index contributed by atoms with van der Waals surface area (Å²) >= 11 is 0. The van der Waals surface area contributed by atoms with Gasteiger partial charge in [0.05, 0.1) is 0 Å². The van der Waals surface area contributed by atoms with E-state index < -0.39 is 0 Å². The molecule has 0 amide bonds. The maximum atomic E-state index is 3.63. The summed E-state index contributed by atoms with van der Waals surface area (Å²) in [5.41, 5.74) is 3.19. The molecule has 1 aliphatic carbocycles. The van der Waals surface area contributed by atoms with E-state index in [0.29, 0.717) is 12.1 Å². The van der Waals surface area contributed by atoms with Gasteiger partial charge in [-0.1, -0.05) is 31.2 Å². The van der Waals surface area contributed by atoms with E-state index in [1.54, 1.807) is 11.1 Å². The second-order valence-corrected chi connectivity index (χ2v) is 6.47. The molecular weight excluding hydrogens is 244 g/mol. The highest BCUT2D eigenvalue weighted by Crippen LogP contribution is 2.37. The lowest BCUT2D eigenvalue weighted by atomic mass is 9.84. The first kappa shape index (κ1) is 14.1. The number of benzene rings is 1. The van der Waals surface area contributed by atoms with Crippen LogP contribution in [0.4, 0.5) is 0 Å². The van der Waals surface area contributed by atoms with Gasteiger partial charge in [-0.25, -0.2) is 0 Å². The number of nitrogens with one attached hydrogen (secondary N) is 1. The Morgan fingerprint density at radius 1 is 1.25 bits per heavy atom. The maximum Gasteiger partial charge on any atom is 0.0353 e. The van der Waals surface area contributed by atoms with E-state index in [2.05, 4.69) is 48.3 Å². The number of likely N-dealkylation sites (tertiary alicyclic amines) is 1. The minimum Gasteiger partial charge on any atom is -0.314 e. The molecule has 1 fully saturated rings. The zero-order valence-corrected chi connectivity index (χ0v) is 12.9. The second kappa shape index (κ2) is 6.28. The van der Waals surface area contributed by atoms with Crippen LogP contribution in [0.2, 0.25) is 0 Å². The number of hydrogen-bond donors (Lipinski definition) is 1. The normalized spacial score (nSPS) is 31.0. The van der Waals surface area contributed by atoms with Crippen LogP contribution >= 0.6 is 0 Å². The highest BCUT2D eigenvalue weighted by atomic mass is 15.2. The molecule has 0 saturated carbocycles. The van der Waals surface area contributed by atoms with Crippen molar-refractivity contribution in [2.24, 2.45) is 0 Å². The number of nitrogens with zero attached hydrogens (tertiary/aromatic N) is 1. The fraction of sp³-hybridized carbons (Fsp3) is 0.667. The second-order valence-electron chi connectivity index (χ2n) is 6.47. The molecule has 2 nitrogen and oxygen atoms in total. The van der Waals surface area contributed by atoms with Gasteiger partial charge in [0.1, 0.15) is 0 Å². The third kappa shape index (κ3) is 2.77. The summed E-state index contributed by atoms with van der Waals surface area (Å²) < 4.78 is 0. The Morgan fingerprint density at radius 2 is 2.10 bits per heavy atom. The maximum absolute atomic E-state index is 3.63. The number of aryl methyl sites for hydroxylation is 1. The predicted octanol–water partition coefficient (Wildman–Crippen LogP) is 3.53. The Kier molecular flexibility index (Phi) is 4.42. The average molecular weight is 272 g/mol. The largest absolute Gasteiger partial charge is 0.314 e. The molecule has 20 heavy (non-hydrogen) atoms. The van der Waals surface area contributed by atoms with Crippen molar-refractivity contribution in [3.05, 3.63) is 35.4 Å². The van der Waals surface area contributed by atoms with Crippen molar-refractivity contribution in [1.82, 2.24) is 10.2 Å². The molecule has 3 unspecified atom stereocenters. The van der Waals surface area contributed by atoms with Crippen LogP contribution in [0.3, 0.4) is 0 Å². The Hall–Kier alpha value is -0.860. The fourth-order valence-electron chi connectivity index (χ4n) is 4.20. The van der Waals surface area contributed by atoms with E-state index in [1.165, 1.54) is 38.6 Å². The summed E-state index contributed by atoms with van der Waals surface area (Å²) in [5, 5.41) is 3.63. The lowest BCUT2D eigenvalue weighted by Gasteiger charge is -2.44. The Labute approximate surface area is 123 Å². The molecule has 1 N–H and O–H groups in total. The van der Waals surface area contributed by atoms with E-state index in [0.717, 1.165) is 12.6 Å². The molecular formula is C18H28N2. The van der Waals surface area contributed by atoms with Gasteiger partial charge >= 0.3 is 0 Å². The molecule has 1 aromatic rings. The molecule has 0 spiro atoms. The third-order valence-electron chi connectivity index (χ3n) is 5.16. The predicted molar refractivity (Wildman–Crippen MR) is 85.0 cm³/mol. The van der Waals surface area contributed by atoms with E-state index in [-0.39, 0.29) is 0 Å². The lowest BCUT2D eigenvalue weighted by molar-refractivity contribution is 0.0785. The highest BCUT2D eigenvalue weighted by molar-refractivity contribution is 5.32. The number of fused-ring (bicyclic) bond motifs is 1. The molecule has 110 valence electrons. The topological polar surface area (TPSA) is 15.3 Å². The molecule has 3 atom stereocenters. The first-order valence-corrected chi connectivity index (χ1v) is 8.36. The van der Waals surface area contributed by atoms with Crippen molar-refractivity contribution >= 4 is 0 Å². The van der Waals surface area contributed by atoms with Gasteiger partial charge in [-0.15, -0.1) is 0 Å². The first-order valence-electron chi connectivity index (χ1n) is 8.36. The van der Waals surface area contributed by atoms with Crippen LogP contribution in [-0.4, -0.2) is 30.1 Å². The Balaban J connectivity index is 1.74. The van der Waals surface area contributed by atoms with Crippen LogP contribution in [0.25, 0.3) is 0 Å². The number of rotatable bonds is 3. The fourth-order valence-corrected chi connectivity index (χ4v) is 4.20. The lowest BCUT2D eigenvalue weighted by Crippen LogP contribution is -2.49. The summed E-state index contributed by atoms with van der Waals surface area (Å²) in [5.74, 6) is 0. The van der Waals surface area contributed by atoms with Crippen molar-refractivity contribution in [2.75, 3.05) is 13.1 Å². The molecule has 1 aliphatic heterocycles. The van der Waals surface area contributed by atoms with E-state index >= 15 is 0 Å². The minimum atomic E-state index is 0.664. The summed E-state index contributed by atoms with van der Waals surface area (Å²) in [6.45, 7) is 6.98. The van der Waals surface area contributed by atoms with Gasteiger partial charge in [0, 0.05) is 24.7 Å². The molecule has 1 saturated heterocycles. The Morgan fingerprint density at radius 3 is 2.90 bits per heavy atom. The van der Waals surface area contributed by atoms with Gasteiger partial charge in [0.15, 0.2) is 0 Å². The highest BCUT2D eigenvalue weighted by Gasteiger charge is 2.32. The van der Waals surface area contributed by atoms with Gasteiger partial charge in [0.25, 0.3) is 0 Å². The molecule has 3 rings (SSSR count). The molecule has 1 heterocycles. The SMILES string of the molecule is CCNC1CCN(C2CCCc3ccccc32)C(C)C1. The van der Waals surface area contributed by atoms with Crippen molar-refractivity contribution in [1.29, 1.82) is 0 Å². The van der Waals surface area contributed by atoms with Gasteiger partial charge < -0.3 is 5.32 Å². The van der Waals surface area contributed by atoms with Crippen LogP contribution < -0.4 is 5.32 Å². The van der Waals surface area contributed by atoms with Crippen molar-refractivity contribution in [3.63, 3.8) is 0 Å². The number of piperidine rings is 1.